The quantitative estimate of drug-likeness (QED) is 0.779. The first-order chi connectivity index (χ1) is 10.2. The Bertz CT molecular complexity index is 813. The zero-order chi connectivity index (χ0) is 14.8. The molecule has 104 valence electrons. The van der Waals surface area contributed by atoms with Crippen LogP contribution in [0.25, 0.3) is 21.9 Å². The second-order valence-electron chi connectivity index (χ2n) is 4.71. The van der Waals surface area contributed by atoms with Gasteiger partial charge >= 0.3 is 0 Å². The van der Waals surface area contributed by atoms with E-state index in [1.807, 2.05) is 36.4 Å². The molecule has 2 aromatic carbocycles. The molecule has 1 heterocycles. The van der Waals surface area contributed by atoms with Crippen LogP contribution in [0.2, 0.25) is 5.02 Å². The molecule has 0 aliphatic rings. The smallest absolute Gasteiger partial charge is 0.251 e. The third-order valence-corrected chi connectivity index (χ3v) is 3.66. The van der Waals surface area contributed by atoms with E-state index >= 15 is 0 Å². The van der Waals surface area contributed by atoms with Gasteiger partial charge in [-0.2, -0.15) is 0 Å². The maximum Gasteiger partial charge on any atom is 0.251 e. The summed E-state index contributed by atoms with van der Waals surface area (Å²) in [5.74, 6) is -0.101. The van der Waals surface area contributed by atoms with Gasteiger partial charge < -0.3 is 5.32 Å². The molecule has 0 unspecified atom stereocenters. The Labute approximate surface area is 127 Å². The Balaban J connectivity index is 2.22. The molecule has 0 radical (unpaired) electrons. The van der Waals surface area contributed by atoms with Crippen LogP contribution in [0.4, 0.5) is 0 Å². The fraction of sp³-hybridized carbons (Fsp3) is 0.0588. The lowest BCUT2D eigenvalue weighted by Crippen LogP contribution is -2.17. The van der Waals surface area contributed by atoms with Crippen LogP contribution in [0.3, 0.4) is 0 Å². The van der Waals surface area contributed by atoms with E-state index in [-0.39, 0.29) is 5.91 Å². The summed E-state index contributed by atoms with van der Waals surface area (Å²) in [4.78, 5) is 16.1. The van der Waals surface area contributed by atoms with Crippen LogP contribution >= 0.6 is 11.6 Å². The van der Waals surface area contributed by atoms with E-state index in [9.17, 15) is 4.79 Å². The van der Waals surface area contributed by atoms with Gasteiger partial charge in [-0.05, 0) is 35.2 Å². The van der Waals surface area contributed by atoms with Crippen LogP contribution in [0, 0.1) is 0 Å². The summed E-state index contributed by atoms with van der Waals surface area (Å²) in [6, 6.07) is 13.2. The molecular weight excluding hydrogens is 284 g/mol. The van der Waals surface area contributed by atoms with Crippen LogP contribution in [-0.4, -0.2) is 17.9 Å². The number of halogens is 1. The van der Waals surface area contributed by atoms with E-state index in [2.05, 4.69) is 10.3 Å². The van der Waals surface area contributed by atoms with Crippen molar-refractivity contribution in [3.63, 3.8) is 0 Å². The molecule has 0 aliphatic carbocycles. The molecule has 1 amide bonds. The summed E-state index contributed by atoms with van der Waals surface area (Å²) >= 11 is 5.93. The molecule has 0 bridgehead atoms. The molecule has 1 aromatic heterocycles. The van der Waals surface area contributed by atoms with Gasteiger partial charge in [0.2, 0.25) is 0 Å². The maximum atomic E-state index is 11.8. The largest absolute Gasteiger partial charge is 0.355 e. The van der Waals surface area contributed by atoms with Crippen molar-refractivity contribution in [2.45, 2.75) is 0 Å². The van der Waals surface area contributed by atoms with Crippen LogP contribution < -0.4 is 5.32 Å². The first kappa shape index (κ1) is 13.6. The van der Waals surface area contributed by atoms with Gasteiger partial charge in [0.25, 0.3) is 5.91 Å². The van der Waals surface area contributed by atoms with Crippen LogP contribution in [-0.2, 0) is 0 Å². The SMILES string of the molecule is CNC(=O)c1ccc2cncc(-c3ccc(Cl)cc3)c2c1. The van der Waals surface area contributed by atoms with Crippen molar-refractivity contribution in [3.05, 3.63) is 65.4 Å². The Morgan fingerprint density at radius 1 is 1.10 bits per heavy atom. The van der Waals surface area contributed by atoms with Crippen molar-refractivity contribution < 1.29 is 4.79 Å². The number of rotatable bonds is 2. The van der Waals surface area contributed by atoms with Crippen molar-refractivity contribution in [1.82, 2.24) is 10.3 Å². The molecule has 1 N–H and O–H groups in total. The molecule has 0 atom stereocenters. The lowest BCUT2D eigenvalue weighted by molar-refractivity contribution is 0.0963. The van der Waals surface area contributed by atoms with Gasteiger partial charge in [-0.1, -0.05) is 29.8 Å². The number of pyridine rings is 1. The molecule has 3 aromatic rings. The van der Waals surface area contributed by atoms with E-state index in [0.29, 0.717) is 10.6 Å². The predicted molar refractivity (Wildman–Crippen MR) is 85.6 cm³/mol. The van der Waals surface area contributed by atoms with Crippen LogP contribution in [0.1, 0.15) is 10.4 Å². The molecular formula is C17H13ClN2O. The van der Waals surface area contributed by atoms with Crippen LogP contribution in [0.5, 0.6) is 0 Å². The van der Waals surface area contributed by atoms with Gasteiger partial charge in [-0.15, -0.1) is 0 Å². The second kappa shape index (κ2) is 5.54. The molecule has 0 spiro atoms. The summed E-state index contributed by atoms with van der Waals surface area (Å²) in [6.45, 7) is 0. The zero-order valence-electron chi connectivity index (χ0n) is 11.4. The third kappa shape index (κ3) is 2.60. The summed E-state index contributed by atoms with van der Waals surface area (Å²) in [5, 5.41) is 5.32. The number of fused-ring (bicyclic) bond motifs is 1. The predicted octanol–water partition coefficient (Wildman–Crippen LogP) is 3.91. The summed E-state index contributed by atoms with van der Waals surface area (Å²) in [5.41, 5.74) is 2.63. The van der Waals surface area contributed by atoms with E-state index in [1.165, 1.54) is 0 Å². The topological polar surface area (TPSA) is 42.0 Å². The number of carbonyl (C=O) groups is 1. The minimum absolute atomic E-state index is 0.101. The van der Waals surface area contributed by atoms with Crippen LogP contribution in [0.15, 0.2) is 54.9 Å². The number of hydrogen-bond acceptors (Lipinski definition) is 2. The van der Waals surface area contributed by atoms with E-state index < -0.39 is 0 Å². The number of nitrogens with zero attached hydrogens (tertiary/aromatic N) is 1. The summed E-state index contributed by atoms with van der Waals surface area (Å²) < 4.78 is 0. The Kier molecular flexibility index (Phi) is 3.59. The molecule has 3 nitrogen and oxygen atoms in total. The van der Waals surface area contributed by atoms with Crippen molar-refractivity contribution in [2.75, 3.05) is 7.05 Å². The van der Waals surface area contributed by atoms with E-state index in [0.717, 1.165) is 21.9 Å². The van der Waals surface area contributed by atoms with Gasteiger partial charge in [-0.25, -0.2) is 0 Å². The fourth-order valence-corrected chi connectivity index (χ4v) is 2.43. The minimum Gasteiger partial charge on any atom is -0.355 e. The number of carbonyl (C=O) groups excluding carboxylic acids is 1. The second-order valence-corrected chi connectivity index (χ2v) is 5.15. The highest BCUT2D eigenvalue weighted by atomic mass is 35.5. The first-order valence-electron chi connectivity index (χ1n) is 6.55. The number of benzene rings is 2. The Morgan fingerprint density at radius 3 is 2.57 bits per heavy atom. The summed E-state index contributed by atoms with van der Waals surface area (Å²) in [7, 11) is 1.62. The highest BCUT2D eigenvalue weighted by Crippen LogP contribution is 2.29. The normalized spacial score (nSPS) is 10.6. The minimum atomic E-state index is -0.101. The Hall–Kier alpha value is -2.39. The van der Waals surface area contributed by atoms with Crippen molar-refractivity contribution in [2.24, 2.45) is 0 Å². The first-order valence-corrected chi connectivity index (χ1v) is 6.92. The maximum absolute atomic E-state index is 11.8. The molecule has 0 aliphatic heterocycles. The lowest BCUT2D eigenvalue weighted by Gasteiger charge is -2.08. The highest BCUT2D eigenvalue weighted by Gasteiger charge is 2.08. The fourth-order valence-electron chi connectivity index (χ4n) is 2.31. The average molecular weight is 297 g/mol. The number of hydrogen-bond donors (Lipinski definition) is 1. The van der Waals surface area contributed by atoms with Gasteiger partial charge in [0, 0.05) is 41.0 Å². The third-order valence-electron chi connectivity index (χ3n) is 3.41. The highest BCUT2D eigenvalue weighted by molar-refractivity contribution is 6.30. The molecule has 0 saturated heterocycles. The lowest BCUT2D eigenvalue weighted by atomic mass is 9.99. The van der Waals surface area contributed by atoms with Crippen molar-refractivity contribution in [3.8, 4) is 11.1 Å². The molecule has 0 saturated carbocycles. The number of aromatic nitrogens is 1. The molecule has 21 heavy (non-hydrogen) atoms. The molecule has 3 rings (SSSR count). The molecule has 0 fully saturated rings. The Morgan fingerprint density at radius 2 is 1.86 bits per heavy atom. The average Bonchev–Trinajstić information content (AvgIpc) is 2.54. The van der Waals surface area contributed by atoms with Gasteiger partial charge in [0.05, 0.1) is 0 Å². The number of nitrogens with one attached hydrogen (secondary N) is 1. The van der Waals surface area contributed by atoms with E-state index in [1.54, 1.807) is 25.5 Å². The monoisotopic (exact) mass is 296 g/mol. The zero-order valence-corrected chi connectivity index (χ0v) is 12.2. The number of amides is 1. The van der Waals surface area contributed by atoms with E-state index in [4.69, 9.17) is 11.6 Å². The van der Waals surface area contributed by atoms with Gasteiger partial charge in [0.1, 0.15) is 0 Å². The summed E-state index contributed by atoms with van der Waals surface area (Å²) in [6.07, 6.45) is 3.60. The standard InChI is InChI=1S/C17H13ClN2O/c1-19-17(21)12-2-3-13-9-20-10-16(15(13)8-12)11-4-6-14(18)7-5-11/h2-10H,1H3,(H,19,21). The van der Waals surface area contributed by atoms with Gasteiger partial charge in [-0.3, -0.25) is 9.78 Å². The van der Waals surface area contributed by atoms with Crippen molar-refractivity contribution >= 4 is 28.3 Å². The molecule has 4 heteroatoms. The van der Waals surface area contributed by atoms with Gasteiger partial charge in [0.15, 0.2) is 0 Å². The van der Waals surface area contributed by atoms with Crippen molar-refractivity contribution in [1.29, 1.82) is 0 Å².